The maximum Gasteiger partial charge on any atom is 0.141 e. The third-order valence-corrected chi connectivity index (χ3v) is 4.94. The highest BCUT2D eigenvalue weighted by atomic mass is 19.1. The molecule has 0 bridgehead atoms. The minimum absolute atomic E-state index is 0.0489. The van der Waals surface area contributed by atoms with Crippen molar-refractivity contribution < 1.29 is 8.78 Å². The van der Waals surface area contributed by atoms with Gasteiger partial charge in [0.05, 0.1) is 11.1 Å². The Bertz CT molecular complexity index is 1580. The summed E-state index contributed by atoms with van der Waals surface area (Å²) in [5.41, 5.74) is -0.473. The summed E-state index contributed by atoms with van der Waals surface area (Å²) in [6.45, 7) is 0. The highest BCUT2D eigenvalue weighted by Gasteiger charge is 2.15. The third-order valence-electron chi connectivity index (χ3n) is 4.94. The average molecular weight is 442 g/mol. The SMILES string of the molecule is N#CC(C#N)=c1cc(-c2ccc(C#N)c(F)c2)c(=C(C#N)C#N)cc1-c1ccc(C#N)c(F)c1. The van der Waals surface area contributed by atoms with Crippen LogP contribution in [0.2, 0.25) is 0 Å². The van der Waals surface area contributed by atoms with Gasteiger partial charge in [0.1, 0.15) is 59.2 Å². The molecular weight excluding hydrogens is 434 g/mol. The smallest absolute Gasteiger partial charge is 0.141 e. The monoisotopic (exact) mass is 442 g/mol. The van der Waals surface area contributed by atoms with Gasteiger partial charge in [0.15, 0.2) is 0 Å². The standard InChI is InChI=1S/C26H8F2N6/c27-25-5-15(1-3-17(25)9-29)21-7-24(20(13-33)14-34)22(8-23(21)19(11-31)12-32)16-2-4-18(10-30)26(28)6-16/h1-8H. The quantitative estimate of drug-likeness (QED) is 0.595. The van der Waals surface area contributed by atoms with Crippen molar-refractivity contribution in [1.29, 1.82) is 31.6 Å². The van der Waals surface area contributed by atoms with Crippen LogP contribution in [0.5, 0.6) is 0 Å². The molecule has 0 heterocycles. The fraction of sp³-hybridized carbons (Fsp3) is 0. The van der Waals surface area contributed by atoms with Gasteiger partial charge in [0.25, 0.3) is 0 Å². The van der Waals surface area contributed by atoms with Crippen LogP contribution in [0, 0.1) is 79.6 Å². The highest BCUT2D eigenvalue weighted by Crippen LogP contribution is 2.23. The van der Waals surface area contributed by atoms with E-state index in [0.29, 0.717) is 0 Å². The van der Waals surface area contributed by atoms with Gasteiger partial charge in [-0.1, -0.05) is 12.1 Å². The molecular formula is C26H8F2N6. The molecule has 0 atom stereocenters. The zero-order valence-electron chi connectivity index (χ0n) is 17.1. The first-order valence-corrected chi connectivity index (χ1v) is 9.35. The molecule has 3 aromatic rings. The molecule has 156 valence electrons. The number of nitrogens with zero attached hydrogens (tertiary/aromatic N) is 6. The molecule has 8 heteroatoms. The van der Waals surface area contributed by atoms with Crippen molar-refractivity contribution in [3.8, 4) is 58.7 Å². The molecule has 0 unspecified atom stereocenters. The lowest BCUT2D eigenvalue weighted by atomic mass is 9.92. The number of benzene rings is 3. The second-order valence-corrected chi connectivity index (χ2v) is 6.75. The van der Waals surface area contributed by atoms with Gasteiger partial charge in [-0.25, -0.2) is 8.78 Å². The molecule has 3 rings (SSSR count). The molecule has 0 aliphatic carbocycles. The summed E-state index contributed by atoms with van der Waals surface area (Å²) >= 11 is 0. The van der Waals surface area contributed by atoms with Gasteiger partial charge in [-0.15, -0.1) is 0 Å². The summed E-state index contributed by atoms with van der Waals surface area (Å²) in [7, 11) is 0. The second-order valence-electron chi connectivity index (χ2n) is 6.75. The van der Waals surface area contributed by atoms with E-state index in [1.54, 1.807) is 36.4 Å². The molecule has 0 saturated heterocycles. The zero-order valence-corrected chi connectivity index (χ0v) is 17.1. The molecule has 0 aliphatic heterocycles. The Kier molecular flexibility index (Phi) is 6.43. The Morgan fingerprint density at radius 3 is 1.15 bits per heavy atom. The predicted octanol–water partition coefficient (Wildman–Crippen LogP) is 3.44. The number of halogens is 2. The van der Waals surface area contributed by atoms with E-state index >= 15 is 0 Å². The van der Waals surface area contributed by atoms with Crippen LogP contribution >= 0.6 is 0 Å². The summed E-state index contributed by atoms with van der Waals surface area (Å²) in [6, 6.07) is 20.4. The first-order valence-electron chi connectivity index (χ1n) is 9.35. The van der Waals surface area contributed by atoms with E-state index in [1.807, 2.05) is 0 Å². The maximum atomic E-state index is 14.3. The average Bonchev–Trinajstić information content (AvgIpc) is 2.85. The van der Waals surface area contributed by atoms with Crippen LogP contribution in [0.25, 0.3) is 33.4 Å². The van der Waals surface area contributed by atoms with Crippen molar-refractivity contribution in [3.05, 3.63) is 81.7 Å². The van der Waals surface area contributed by atoms with Crippen molar-refractivity contribution in [2.24, 2.45) is 0 Å². The molecule has 0 radical (unpaired) electrons. The van der Waals surface area contributed by atoms with Crippen molar-refractivity contribution in [2.45, 2.75) is 0 Å². The second kappa shape index (κ2) is 9.56. The largest absolute Gasteiger partial charge is 0.206 e. The van der Waals surface area contributed by atoms with E-state index < -0.39 is 11.6 Å². The Hall–Kier alpha value is -5.80. The van der Waals surface area contributed by atoms with Crippen LogP contribution in [0.1, 0.15) is 11.1 Å². The van der Waals surface area contributed by atoms with E-state index in [-0.39, 0.29) is 55.0 Å². The summed E-state index contributed by atoms with van der Waals surface area (Å²) in [5, 5.41) is 56.1. The van der Waals surface area contributed by atoms with Crippen molar-refractivity contribution in [1.82, 2.24) is 0 Å². The topological polar surface area (TPSA) is 143 Å². The highest BCUT2D eigenvalue weighted by molar-refractivity contribution is 5.85. The number of nitriles is 6. The van der Waals surface area contributed by atoms with Gasteiger partial charge in [-0.2, -0.15) is 31.6 Å². The lowest BCUT2D eigenvalue weighted by Crippen LogP contribution is -2.19. The fourth-order valence-corrected chi connectivity index (χ4v) is 3.33. The van der Waals surface area contributed by atoms with Crippen LogP contribution in [-0.2, 0) is 0 Å². The molecule has 0 amide bonds. The number of rotatable bonds is 2. The lowest BCUT2D eigenvalue weighted by molar-refractivity contribution is 0.624. The molecule has 6 nitrogen and oxygen atoms in total. The zero-order chi connectivity index (χ0) is 24.8. The Morgan fingerprint density at radius 1 is 0.529 bits per heavy atom. The van der Waals surface area contributed by atoms with Gasteiger partial charge in [0.2, 0.25) is 0 Å². The fourth-order valence-electron chi connectivity index (χ4n) is 3.33. The van der Waals surface area contributed by atoms with Crippen LogP contribution in [-0.4, -0.2) is 0 Å². The van der Waals surface area contributed by atoms with E-state index in [1.165, 1.54) is 36.4 Å². The van der Waals surface area contributed by atoms with Crippen molar-refractivity contribution >= 4 is 11.1 Å². The number of hydrogen-bond donors (Lipinski definition) is 0. The molecule has 3 aromatic carbocycles. The predicted molar refractivity (Wildman–Crippen MR) is 115 cm³/mol. The van der Waals surface area contributed by atoms with Crippen LogP contribution in [0.15, 0.2) is 48.5 Å². The Balaban J connectivity index is 2.59. The van der Waals surface area contributed by atoms with Crippen molar-refractivity contribution in [2.75, 3.05) is 0 Å². The third kappa shape index (κ3) is 4.04. The van der Waals surface area contributed by atoms with Gasteiger partial charge in [0, 0.05) is 10.4 Å². The summed E-state index contributed by atoms with van der Waals surface area (Å²) in [5.74, 6) is -1.68. The van der Waals surface area contributed by atoms with Crippen LogP contribution in [0.4, 0.5) is 8.78 Å². The first kappa shape index (κ1) is 22.9. The minimum atomic E-state index is -0.842. The van der Waals surface area contributed by atoms with Gasteiger partial charge >= 0.3 is 0 Å². The van der Waals surface area contributed by atoms with Crippen LogP contribution < -0.4 is 10.4 Å². The molecule has 34 heavy (non-hydrogen) atoms. The summed E-state index contributed by atoms with van der Waals surface area (Å²) < 4.78 is 28.7. The van der Waals surface area contributed by atoms with E-state index in [4.69, 9.17) is 10.5 Å². The lowest BCUT2D eigenvalue weighted by Gasteiger charge is -2.11. The van der Waals surface area contributed by atoms with Gasteiger partial charge in [-0.3, -0.25) is 0 Å². The maximum absolute atomic E-state index is 14.3. The van der Waals surface area contributed by atoms with E-state index in [0.717, 1.165) is 12.1 Å². The normalized spacial score (nSPS) is 9.29. The molecule has 0 aromatic heterocycles. The Morgan fingerprint density at radius 2 is 0.882 bits per heavy atom. The van der Waals surface area contributed by atoms with Crippen molar-refractivity contribution in [3.63, 3.8) is 0 Å². The molecule has 0 aliphatic rings. The van der Waals surface area contributed by atoms with E-state index in [2.05, 4.69) is 0 Å². The molecule has 0 N–H and O–H groups in total. The Labute approximate surface area is 192 Å². The summed E-state index contributed by atoms with van der Waals surface area (Å²) in [6.07, 6.45) is 0. The summed E-state index contributed by atoms with van der Waals surface area (Å²) in [4.78, 5) is 0. The van der Waals surface area contributed by atoms with E-state index in [9.17, 15) is 29.8 Å². The minimum Gasteiger partial charge on any atom is -0.206 e. The molecule has 0 spiro atoms. The van der Waals surface area contributed by atoms with Gasteiger partial charge in [-0.05, 0) is 58.7 Å². The first-order chi connectivity index (χ1) is 16.4. The number of hydrogen-bond acceptors (Lipinski definition) is 6. The molecule has 0 saturated carbocycles. The van der Waals surface area contributed by atoms with Crippen LogP contribution in [0.3, 0.4) is 0 Å². The molecule has 0 fully saturated rings. The van der Waals surface area contributed by atoms with Gasteiger partial charge < -0.3 is 0 Å².